The molecule has 1 rings (SSSR count). The van der Waals surface area contributed by atoms with Gasteiger partial charge in [0.25, 0.3) is 0 Å². The average Bonchev–Trinajstić information content (AvgIpc) is 3.19. The van der Waals surface area contributed by atoms with Crippen LogP contribution in [0.1, 0.15) is 181 Å². The van der Waals surface area contributed by atoms with Crippen molar-refractivity contribution in [2.24, 2.45) is 0 Å². The molecule has 6 atom stereocenters. The summed E-state index contributed by atoms with van der Waals surface area (Å²) in [5.41, 5.74) is 0. The topological polar surface area (TPSA) is 178 Å². The number of aliphatic hydroxyl groups excluding tert-OH is 3. The van der Waals surface area contributed by atoms with Gasteiger partial charge in [-0.2, -0.15) is 8.42 Å². The Morgan fingerprint density at radius 2 is 1.16 bits per heavy atom. The number of aliphatic hydroxyl groups is 3. The Morgan fingerprint density at radius 1 is 0.655 bits per heavy atom. The summed E-state index contributed by atoms with van der Waals surface area (Å²) in [5.74, 6) is -0.412. The summed E-state index contributed by atoms with van der Waals surface area (Å²) in [5, 5.41) is 30.6. The number of ether oxygens (including phenoxy) is 4. The van der Waals surface area contributed by atoms with E-state index >= 15 is 0 Å². The molecule has 340 valence electrons. The van der Waals surface area contributed by atoms with Crippen molar-refractivity contribution < 1.29 is 56.2 Å². The molecule has 0 amide bonds. The molecule has 12 nitrogen and oxygen atoms in total. The highest BCUT2D eigenvalue weighted by Crippen LogP contribution is 2.26. The third-order valence-corrected chi connectivity index (χ3v) is 10.7. The van der Waals surface area contributed by atoms with Gasteiger partial charge in [0.1, 0.15) is 30.5 Å². The minimum atomic E-state index is -5.06. The van der Waals surface area contributed by atoms with E-state index in [0.717, 1.165) is 83.5 Å². The van der Waals surface area contributed by atoms with Crippen molar-refractivity contribution in [2.45, 2.75) is 218 Å². The normalized spacial score (nSPS) is 20.8. The van der Waals surface area contributed by atoms with E-state index in [2.05, 4.69) is 54.5 Å². The van der Waals surface area contributed by atoms with Crippen molar-refractivity contribution in [3.05, 3.63) is 36.5 Å². The summed E-state index contributed by atoms with van der Waals surface area (Å²) < 4.78 is 59.0. The number of allylic oxidation sites excluding steroid dienone is 6. The van der Waals surface area contributed by atoms with Crippen molar-refractivity contribution in [3.8, 4) is 0 Å². The van der Waals surface area contributed by atoms with E-state index in [1.807, 2.05) is 0 Å². The highest BCUT2D eigenvalue weighted by atomic mass is 32.3. The summed E-state index contributed by atoms with van der Waals surface area (Å²) in [7, 11) is -5.06. The molecule has 6 unspecified atom stereocenters. The van der Waals surface area contributed by atoms with Gasteiger partial charge in [0.15, 0.2) is 6.29 Å². The minimum Gasteiger partial charge on any atom is -0.457 e. The fraction of sp³-hybridized carbons (Fsp3) is 0.844. The van der Waals surface area contributed by atoms with Gasteiger partial charge < -0.3 is 34.3 Å². The molecule has 0 aromatic carbocycles. The molecule has 1 aliphatic heterocycles. The SMILES string of the molecule is CCCC/C=C\C/C=C\CCCCCCCCOCC(COC1OC(CO)C(O)C(OS(=O)(=O)O)C1O)OC(=O)CCCCCCC/C=C\CCCCCCCCC. The highest BCUT2D eigenvalue weighted by Gasteiger charge is 2.48. The fourth-order valence-corrected chi connectivity index (χ4v) is 7.25. The van der Waals surface area contributed by atoms with Gasteiger partial charge in [0, 0.05) is 13.0 Å². The maximum absolute atomic E-state index is 12.8. The number of rotatable bonds is 39. The van der Waals surface area contributed by atoms with Crippen molar-refractivity contribution in [2.75, 3.05) is 26.4 Å². The minimum absolute atomic E-state index is 0.0260. The molecule has 13 heteroatoms. The standard InChI is InChI=1S/C45H82O12S/c1-3-5-7-9-11-13-15-17-19-20-22-24-26-28-30-32-34-41(47)55-39(38-54-45-43(49)44(57-58(50,51)52)42(48)40(36-46)56-45)37-53-35-33-31-29-27-25-23-21-18-16-14-12-10-8-6-4-2/h10,12,16,18-20,39-40,42-46,48-49H,3-9,11,13-15,17,21-38H2,1-2H3,(H,50,51,52)/b12-10-,18-16-,20-19-. The molecule has 0 bridgehead atoms. The Kier molecular flexibility index (Phi) is 34.8. The molecule has 0 radical (unpaired) electrons. The monoisotopic (exact) mass is 847 g/mol. The second-order valence-corrected chi connectivity index (χ2v) is 16.7. The smallest absolute Gasteiger partial charge is 0.397 e. The fourth-order valence-electron chi connectivity index (χ4n) is 6.74. The van der Waals surface area contributed by atoms with Crippen LogP contribution in [0.2, 0.25) is 0 Å². The maximum atomic E-state index is 12.8. The quantitative estimate of drug-likeness (QED) is 0.0200. The van der Waals surface area contributed by atoms with Crippen molar-refractivity contribution in [1.29, 1.82) is 0 Å². The second-order valence-electron chi connectivity index (χ2n) is 15.6. The third-order valence-electron chi connectivity index (χ3n) is 10.2. The van der Waals surface area contributed by atoms with Gasteiger partial charge in [-0.3, -0.25) is 9.35 Å². The number of hydrogen-bond acceptors (Lipinski definition) is 11. The zero-order valence-electron chi connectivity index (χ0n) is 36.1. The molecule has 1 saturated heterocycles. The van der Waals surface area contributed by atoms with Crippen LogP contribution in [0.5, 0.6) is 0 Å². The molecule has 4 N–H and O–H groups in total. The molecule has 0 spiro atoms. The van der Waals surface area contributed by atoms with Crippen LogP contribution in [0.25, 0.3) is 0 Å². The summed E-state index contributed by atoms with van der Waals surface area (Å²) in [4.78, 5) is 12.8. The first kappa shape index (κ1) is 54.3. The number of carbonyl (C=O) groups is 1. The summed E-state index contributed by atoms with van der Waals surface area (Å²) >= 11 is 0. The molecule has 0 saturated carbocycles. The van der Waals surface area contributed by atoms with Crippen molar-refractivity contribution >= 4 is 16.4 Å². The first-order valence-electron chi connectivity index (χ1n) is 22.7. The molecular formula is C45H82O12S. The molecule has 1 fully saturated rings. The Hall–Kier alpha value is -1.68. The van der Waals surface area contributed by atoms with E-state index in [1.165, 1.54) is 70.6 Å². The largest absolute Gasteiger partial charge is 0.457 e. The van der Waals surface area contributed by atoms with Crippen LogP contribution in [0.3, 0.4) is 0 Å². The number of unbranched alkanes of at least 4 members (excludes halogenated alkanes) is 20. The number of carbonyl (C=O) groups excluding carboxylic acids is 1. The molecule has 58 heavy (non-hydrogen) atoms. The van der Waals surface area contributed by atoms with E-state index in [0.29, 0.717) is 13.0 Å². The zero-order chi connectivity index (χ0) is 42.5. The van der Waals surface area contributed by atoms with E-state index in [1.54, 1.807) is 0 Å². The van der Waals surface area contributed by atoms with Gasteiger partial charge >= 0.3 is 16.4 Å². The van der Waals surface area contributed by atoms with Crippen molar-refractivity contribution in [3.63, 3.8) is 0 Å². The van der Waals surface area contributed by atoms with Crippen LogP contribution in [0, 0.1) is 0 Å². The summed E-state index contributed by atoms with van der Waals surface area (Å²) in [6.07, 6.45) is 33.1. The molecular weight excluding hydrogens is 765 g/mol. The van der Waals surface area contributed by atoms with E-state index < -0.39 is 59.8 Å². The zero-order valence-corrected chi connectivity index (χ0v) is 36.9. The second kappa shape index (κ2) is 37.1. The van der Waals surface area contributed by atoms with Gasteiger partial charge in [-0.1, -0.05) is 147 Å². The lowest BCUT2D eigenvalue weighted by molar-refractivity contribution is -0.301. The van der Waals surface area contributed by atoms with E-state index in [-0.39, 0.29) is 19.6 Å². The predicted octanol–water partition coefficient (Wildman–Crippen LogP) is 9.41. The Bertz CT molecular complexity index is 1160. The van der Waals surface area contributed by atoms with Crippen LogP contribution >= 0.6 is 0 Å². The highest BCUT2D eigenvalue weighted by molar-refractivity contribution is 7.80. The average molecular weight is 847 g/mol. The van der Waals surface area contributed by atoms with Gasteiger partial charge in [-0.05, 0) is 64.2 Å². The lowest BCUT2D eigenvalue weighted by Gasteiger charge is -2.41. The van der Waals surface area contributed by atoms with Crippen LogP contribution < -0.4 is 0 Å². The molecule has 1 heterocycles. The number of hydrogen-bond donors (Lipinski definition) is 4. The van der Waals surface area contributed by atoms with Crippen LogP contribution in [0.15, 0.2) is 36.5 Å². The van der Waals surface area contributed by atoms with Crippen LogP contribution in [0.4, 0.5) is 0 Å². The molecule has 0 aromatic rings. The lowest BCUT2D eigenvalue weighted by atomic mass is 9.99. The molecule has 0 aliphatic carbocycles. The Morgan fingerprint density at radius 3 is 1.71 bits per heavy atom. The Labute approximate surface area is 352 Å². The van der Waals surface area contributed by atoms with Gasteiger partial charge in [-0.25, -0.2) is 4.18 Å². The van der Waals surface area contributed by atoms with E-state index in [4.69, 9.17) is 23.5 Å². The summed E-state index contributed by atoms with van der Waals surface area (Å²) in [6.45, 7) is 3.91. The predicted molar refractivity (Wildman–Crippen MR) is 230 cm³/mol. The van der Waals surface area contributed by atoms with Gasteiger partial charge in [0.05, 0.1) is 19.8 Å². The van der Waals surface area contributed by atoms with Gasteiger partial charge in [-0.15, -0.1) is 0 Å². The lowest BCUT2D eigenvalue weighted by Crippen LogP contribution is -2.60. The van der Waals surface area contributed by atoms with Crippen LogP contribution in [-0.2, 0) is 38.3 Å². The first-order chi connectivity index (χ1) is 28.1. The molecule has 1 aliphatic rings. The van der Waals surface area contributed by atoms with Gasteiger partial charge in [0.2, 0.25) is 0 Å². The number of esters is 1. The van der Waals surface area contributed by atoms with Crippen molar-refractivity contribution in [1.82, 2.24) is 0 Å². The van der Waals surface area contributed by atoms with E-state index in [9.17, 15) is 28.5 Å². The third kappa shape index (κ3) is 30.4. The molecule has 0 aromatic heterocycles. The maximum Gasteiger partial charge on any atom is 0.397 e. The first-order valence-corrected chi connectivity index (χ1v) is 24.1. The van der Waals surface area contributed by atoms with Crippen LogP contribution in [-0.4, -0.2) is 97.5 Å². The summed E-state index contributed by atoms with van der Waals surface area (Å²) in [6, 6.07) is 0. The Balaban J connectivity index is 2.45.